The predicted molar refractivity (Wildman–Crippen MR) is 108 cm³/mol. The Morgan fingerprint density at radius 2 is 1.82 bits per heavy atom. The Kier molecular flexibility index (Phi) is 6.22. The maximum absolute atomic E-state index is 12.3. The van der Waals surface area contributed by atoms with Gasteiger partial charge in [0.05, 0.1) is 12.8 Å². The van der Waals surface area contributed by atoms with Gasteiger partial charge in [-0.2, -0.15) is 0 Å². The zero-order chi connectivity index (χ0) is 19.9. The Labute approximate surface area is 164 Å². The minimum atomic E-state index is -0.102. The average Bonchev–Trinajstić information content (AvgIpc) is 2.72. The van der Waals surface area contributed by atoms with Crippen LogP contribution in [-0.4, -0.2) is 29.5 Å². The van der Waals surface area contributed by atoms with E-state index in [0.717, 1.165) is 5.56 Å². The summed E-state index contributed by atoms with van der Waals surface area (Å²) in [5, 5.41) is 2.92. The predicted octanol–water partition coefficient (Wildman–Crippen LogP) is 4.33. The fourth-order valence-electron chi connectivity index (χ4n) is 2.59. The Hall–Kier alpha value is -3.41. The van der Waals surface area contributed by atoms with E-state index in [4.69, 9.17) is 9.47 Å². The van der Waals surface area contributed by atoms with Gasteiger partial charge in [-0.1, -0.05) is 38.1 Å². The van der Waals surface area contributed by atoms with E-state index in [1.807, 2.05) is 36.4 Å². The Bertz CT molecular complexity index is 957. The van der Waals surface area contributed by atoms with Crippen LogP contribution in [0.5, 0.6) is 17.4 Å². The molecule has 0 aliphatic carbocycles. The highest BCUT2D eigenvalue weighted by Gasteiger charge is 2.10. The second kappa shape index (κ2) is 8.99. The van der Waals surface area contributed by atoms with Gasteiger partial charge in [-0.05, 0) is 30.2 Å². The molecule has 2 aromatic carbocycles. The van der Waals surface area contributed by atoms with E-state index in [1.54, 1.807) is 25.3 Å². The van der Waals surface area contributed by atoms with Crippen LogP contribution in [0.25, 0.3) is 11.3 Å². The van der Waals surface area contributed by atoms with E-state index in [1.165, 1.54) is 6.33 Å². The molecule has 1 amide bonds. The Balaban J connectivity index is 1.82. The summed E-state index contributed by atoms with van der Waals surface area (Å²) in [5.41, 5.74) is 2.06. The summed E-state index contributed by atoms with van der Waals surface area (Å²) in [5.74, 6) is 1.87. The molecule has 1 aromatic heterocycles. The molecule has 0 unspecified atom stereocenters. The third kappa shape index (κ3) is 4.85. The summed E-state index contributed by atoms with van der Waals surface area (Å²) in [7, 11) is 1.59. The molecule has 1 heterocycles. The van der Waals surface area contributed by atoms with Gasteiger partial charge in [-0.25, -0.2) is 9.97 Å². The molecule has 3 rings (SSSR count). The molecule has 1 N–H and O–H groups in total. The van der Waals surface area contributed by atoms with Crippen molar-refractivity contribution in [2.24, 2.45) is 5.92 Å². The van der Waals surface area contributed by atoms with Crippen LogP contribution in [0.2, 0.25) is 0 Å². The summed E-state index contributed by atoms with van der Waals surface area (Å²) >= 11 is 0. The first kappa shape index (κ1) is 19.4. The molecule has 6 nitrogen and oxygen atoms in total. The number of nitrogens with zero attached hydrogens (tertiary/aromatic N) is 2. The van der Waals surface area contributed by atoms with E-state index in [9.17, 15) is 4.79 Å². The molecular formula is C22H23N3O3. The summed E-state index contributed by atoms with van der Waals surface area (Å²) < 4.78 is 11.2. The van der Waals surface area contributed by atoms with Gasteiger partial charge in [-0.3, -0.25) is 4.79 Å². The lowest BCUT2D eigenvalue weighted by Crippen LogP contribution is -2.27. The molecule has 0 spiro atoms. The van der Waals surface area contributed by atoms with Crippen molar-refractivity contribution in [3.8, 4) is 28.6 Å². The summed E-state index contributed by atoms with van der Waals surface area (Å²) in [6, 6.07) is 16.4. The molecule has 0 saturated heterocycles. The van der Waals surface area contributed by atoms with Gasteiger partial charge < -0.3 is 14.8 Å². The van der Waals surface area contributed by atoms with Gasteiger partial charge in [0.2, 0.25) is 5.88 Å². The highest BCUT2D eigenvalue weighted by atomic mass is 16.5. The number of aromatic nitrogens is 2. The quantitative estimate of drug-likeness (QED) is 0.663. The number of methoxy groups -OCH3 is 1. The molecule has 144 valence electrons. The number of carbonyl (C=O) groups is 1. The first-order chi connectivity index (χ1) is 13.6. The number of hydrogen-bond acceptors (Lipinski definition) is 5. The molecule has 0 fully saturated rings. The number of nitrogens with one attached hydrogen (secondary N) is 1. The van der Waals surface area contributed by atoms with Gasteiger partial charge in [0.1, 0.15) is 6.33 Å². The molecule has 0 aliphatic rings. The SMILES string of the molecule is COc1ccccc1Oc1cc(-c2cccc(C(=O)NCC(C)C)c2)ncn1. The molecule has 3 aromatic rings. The van der Waals surface area contributed by atoms with Crippen LogP contribution >= 0.6 is 0 Å². The van der Waals surface area contributed by atoms with Gasteiger partial charge in [0, 0.05) is 23.7 Å². The normalized spacial score (nSPS) is 10.6. The van der Waals surface area contributed by atoms with E-state index in [0.29, 0.717) is 41.1 Å². The van der Waals surface area contributed by atoms with E-state index in [-0.39, 0.29) is 5.91 Å². The van der Waals surface area contributed by atoms with Crippen LogP contribution in [0.4, 0.5) is 0 Å². The van der Waals surface area contributed by atoms with Gasteiger partial charge >= 0.3 is 0 Å². The minimum absolute atomic E-state index is 0.102. The fourth-order valence-corrected chi connectivity index (χ4v) is 2.59. The van der Waals surface area contributed by atoms with Crippen molar-refractivity contribution in [3.05, 3.63) is 66.5 Å². The molecule has 0 aliphatic heterocycles. The highest BCUT2D eigenvalue weighted by molar-refractivity contribution is 5.95. The van der Waals surface area contributed by atoms with Gasteiger partial charge in [0.15, 0.2) is 11.5 Å². The number of hydrogen-bond donors (Lipinski definition) is 1. The first-order valence-electron chi connectivity index (χ1n) is 9.08. The number of para-hydroxylation sites is 2. The Morgan fingerprint density at radius 1 is 1.04 bits per heavy atom. The fraction of sp³-hybridized carbons (Fsp3) is 0.227. The second-order valence-corrected chi connectivity index (χ2v) is 6.68. The Morgan fingerprint density at radius 3 is 2.57 bits per heavy atom. The van der Waals surface area contributed by atoms with E-state index < -0.39 is 0 Å². The van der Waals surface area contributed by atoms with Gasteiger partial charge in [0.25, 0.3) is 5.91 Å². The van der Waals surface area contributed by atoms with Crippen molar-refractivity contribution in [2.75, 3.05) is 13.7 Å². The summed E-state index contributed by atoms with van der Waals surface area (Å²) in [4.78, 5) is 20.8. The number of carbonyl (C=O) groups excluding carboxylic acids is 1. The third-order valence-electron chi connectivity index (χ3n) is 4.02. The zero-order valence-electron chi connectivity index (χ0n) is 16.2. The smallest absolute Gasteiger partial charge is 0.251 e. The molecule has 6 heteroatoms. The third-order valence-corrected chi connectivity index (χ3v) is 4.02. The number of ether oxygens (including phenoxy) is 2. The van der Waals surface area contributed by atoms with E-state index in [2.05, 4.69) is 29.1 Å². The lowest BCUT2D eigenvalue weighted by molar-refractivity contribution is 0.0949. The van der Waals surface area contributed by atoms with Crippen LogP contribution in [0.3, 0.4) is 0 Å². The number of rotatable bonds is 7. The first-order valence-corrected chi connectivity index (χ1v) is 9.08. The van der Waals surface area contributed by atoms with E-state index >= 15 is 0 Å². The zero-order valence-corrected chi connectivity index (χ0v) is 16.2. The summed E-state index contributed by atoms with van der Waals surface area (Å²) in [6.07, 6.45) is 1.44. The second-order valence-electron chi connectivity index (χ2n) is 6.68. The van der Waals surface area contributed by atoms with Crippen molar-refractivity contribution in [2.45, 2.75) is 13.8 Å². The molecule has 28 heavy (non-hydrogen) atoms. The van der Waals surface area contributed by atoms with Crippen molar-refractivity contribution in [3.63, 3.8) is 0 Å². The van der Waals surface area contributed by atoms with Crippen LogP contribution in [0.15, 0.2) is 60.9 Å². The van der Waals surface area contributed by atoms with Crippen LogP contribution in [-0.2, 0) is 0 Å². The van der Waals surface area contributed by atoms with Crippen molar-refractivity contribution in [1.29, 1.82) is 0 Å². The maximum Gasteiger partial charge on any atom is 0.251 e. The molecule has 0 radical (unpaired) electrons. The van der Waals surface area contributed by atoms with Crippen molar-refractivity contribution >= 4 is 5.91 Å². The molecule has 0 saturated carbocycles. The summed E-state index contributed by atoms with van der Waals surface area (Å²) in [6.45, 7) is 4.75. The largest absolute Gasteiger partial charge is 0.493 e. The number of amides is 1. The average molecular weight is 377 g/mol. The molecule has 0 bridgehead atoms. The molecular weight excluding hydrogens is 354 g/mol. The van der Waals surface area contributed by atoms with Crippen molar-refractivity contribution in [1.82, 2.24) is 15.3 Å². The van der Waals surface area contributed by atoms with Crippen LogP contribution in [0.1, 0.15) is 24.2 Å². The minimum Gasteiger partial charge on any atom is -0.493 e. The highest BCUT2D eigenvalue weighted by Crippen LogP contribution is 2.31. The standard InChI is InChI=1S/C22H23N3O3/c1-15(2)13-23-22(26)17-8-6-7-16(11-17)18-12-21(25-14-24-18)28-20-10-5-4-9-19(20)27-3/h4-12,14-15H,13H2,1-3H3,(H,23,26). The topological polar surface area (TPSA) is 73.3 Å². The van der Waals surface area contributed by atoms with Crippen LogP contribution < -0.4 is 14.8 Å². The van der Waals surface area contributed by atoms with Gasteiger partial charge in [-0.15, -0.1) is 0 Å². The lowest BCUT2D eigenvalue weighted by Gasteiger charge is -2.10. The maximum atomic E-state index is 12.3. The number of benzene rings is 2. The van der Waals surface area contributed by atoms with Crippen molar-refractivity contribution < 1.29 is 14.3 Å². The lowest BCUT2D eigenvalue weighted by atomic mass is 10.1. The van der Waals surface area contributed by atoms with Crippen LogP contribution in [0, 0.1) is 5.92 Å². The molecule has 0 atom stereocenters. The monoisotopic (exact) mass is 377 g/mol.